The van der Waals surface area contributed by atoms with Gasteiger partial charge < -0.3 is 5.73 Å². The summed E-state index contributed by atoms with van der Waals surface area (Å²) in [5.41, 5.74) is 5.88. The molecule has 0 bridgehead atoms. The van der Waals surface area contributed by atoms with Crippen LogP contribution < -0.4 is 5.73 Å². The van der Waals surface area contributed by atoms with Gasteiger partial charge in [0.1, 0.15) is 0 Å². The van der Waals surface area contributed by atoms with E-state index in [1.807, 2.05) is 13.2 Å². The summed E-state index contributed by atoms with van der Waals surface area (Å²) >= 11 is 1.71. The number of rotatable bonds is 3. The molecule has 0 radical (unpaired) electrons. The molecule has 0 aliphatic heterocycles. The molecule has 10 heavy (non-hydrogen) atoms. The summed E-state index contributed by atoms with van der Waals surface area (Å²) in [6.07, 6.45) is 4.20. The minimum atomic E-state index is 0.128. The van der Waals surface area contributed by atoms with Gasteiger partial charge in [0.2, 0.25) is 0 Å². The normalized spacial score (nSPS) is 16.1. The fourth-order valence-corrected chi connectivity index (χ4v) is 0.882. The highest BCUT2D eigenvalue weighted by molar-refractivity contribution is 8.01. The van der Waals surface area contributed by atoms with Crippen LogP contribution in [0.25, 0.3) is 0 Å². The highest BCUT2D eigenvalue weighted by atomic mass is 32.2. The summed E-state index contributed by atoms with van der Waals surface area (Å²) in [6, 6.07) is 0.218. The summed E-state index contributed by atoms with van der Waals surface area (Å²) in [6.45, 7) is 6.32. The second kappa shape index (κ2) is 4.04. The lowest BCUT2D eigenvalue weighted by atomic mass is 9.86. The summed E-state index contributed by atoms with van der Waals surface area (Å²) in [4.78, 5) is 0. The molecule has 0 rings (SSSR count). The average Bonchev–Trinajstić information content (AvgIpc) is 1.84. The smallest absolute Gasteiger partial charge is 0.00968 e. The maximum Gasteiger partial charge on any atom is 0.00968 e. The van der Waals surface area contributed by atoms with Crippen molar-refractivity contribution >= 4 is 11.8 Å². The van der Waals surface area contributed by atoms with Crippen molar-refractivity contribution in [3.8, 4) is 0 Å². The molecular weight excluding hydrogens is 142 g/mol. The van der Waals surface area contributed by atoms with Gasteiger partial charge in [0, 0.05) is 6.04 Å². The van der Waals surface area contributed by atoms with E-state index in [2.05, 4.69) is 25.3 Å². The third-order valence-electron chi connectivity index (χ3n) is 1.81. The molecule has 1 atom stereocenters. The Bertz CT molecular complexity index is 116. The lowest BCUT2D eigenvalue weighted by molar-refractivity contribution is 0.395. The van der Waals surface area contributed by atoms with Crippen molar-refractivity contribution in [1.82, 2.24) is 0 Å². The first kappa shape index (κ1) is 10.0. The molecule has 0 spiro atoms. The molecule has 2 N–H and O–H groups in total. The second-order valence-corrected chi connectivity index (χ2v) is 3.89. The van der Waals surface area contributed by atoms with Crippen LogP contribution in [-0.2, 0) is 0 Å². The van der Waals surface area contributed by atoms with Crippen LogP contribution in [0, 0.1) is 5.41 Å². The average molecular weight is 159 g/mol. The Kier molecular flexibility index (Phi) is 4.06. The molecule has 0 unspecified atom stereocenters. The Labute approximate surface area is 68.1 Å². The van der Waals surface area contributed by atoms with E-state index in [1.165, 1.54) is 0 Å². The number of hydrogen-bond donors (Lipinski definition) is 1. The highest BCUT2D eigenvalue weighted by Gasteiger charge is 2.18. The maximum absolute atomic E-state index is 5.75. The molecule has 0 amide bonds. The minimum Gasteiger partial charge on any atom is -0.327 e. The molecule has 0 aromatic heterocycles. The van der Waals surface area contributed by atoms with Crippen LogP contribution in [0.1, 0.15) is 20.8 Å². The van der Waals surface area contributed by atoms with Crippen molar-refractivity contribution in [3.05, 3.63) is 11.5 Å². The maximum atomic E-state index is 5.75. The lowest BCUT2D eigenvalue weighted by Gasteiger charge is -2.24. The van der Waals surface area contributed by atoms with Crippen molar-refractivity contribution < 1.29 is 0 Å². The van der Waals surface area contributed by atoms with Crippen molar-refractivity contribution in [2.75, 3.05) is 6.26 Å². The monoisotopic (exact) mass is 159 g/mol. The van der Waals surface area contributed by atoms with Crippen molar-refractivity contribution in [3.63, 3.8) is 0 Å². The predicted octanol–water partition coefficient (Wildman–Crippen LogP) is 2.24. The van der Waals surface area contributed by atoms with Gasteiger partial charge in [-0.2, -0.15) is 0 Å². The molecule has 1 nitrogen and oxygen atoms in total. The summed E-state index contributed by atoms with van der Waals surface area (Å²) < 4.78 is 0. The molecule has 0 heterocycles. The highest BCUT2D eigenvalue weighted by Crippen LogP contribution is 2.21. The first-order chi connectivity index (χ1) is 4.50. The SMILES string of the molecule is CS/C=C/C(C)(C)[C@H](C)N. The van der Waals surface area contributed by atoms with Crippen molar-refractivity contribution in [1.29, 1.82) is 0 Å². The van der Waals surface area contributed by atoms with Crippen LogP contribution in [0.2, 0.25) is 0 Å². The fourth-order valence-electron chi connectivity index (χ4n) is 0.395. The van der Waals surface area contributed by atoms with E-state index in [9.17, 15) is 0 Å². The Morgan fingerprint density at radius 2 is 2.00 bits per heavy atom. The van der Waals surface area contributed by atoms with Crippen LogP contribution in [0.5, 0.6) is 0 Å². The molecule has 0 saturated carbocycles. The zero-order valence-electron chi connectivity index (χ0n) is 7.22. The van der Waals surface area contributed by atoms with Gasteiger partial charge in [-0.3, -0.25) is 0 Å². The Morgan fingerprint density at radius 1 is 1.50 bits per heavy atom. The molecule has 2 heteroatoms. The standard InChI is InChI=1S/C8H17NS/c1-7(9)8(2,3)5-6-10-4/h5-7H,9H2,1-4H3/b6-5+/t7-/m0/s1. The van der Waals surface area contributed by atoms with E-state index in [1.54, 1.807) is 11.8 Å². The van der Waals surface area contributed by atoms with Gasteiger partial charge in [0.25, 0.3) is 0 Å². The third-order valence-corrected chi connectivity index (χ3v) is 2.22. The molecule has 0 aliphatic rings. The van der Waals surface area contributed by atoms with Crippen LogP contribution in [0.3, 0.4) is 0 Å². The summed E-state index contributed by atoms with van der Waals surface area (Å²) in [7, 11) is 0. The molecule has 0 saturated heterocycles. The quantitative estimate of drug-likeness (QED) is 0.683. The van der Waals surface area contributed by atoms with Crippen molar-refractivity contribution in [2.24, 2.45) is 11.1 Å². The zero-order chi connectivity index (χ0) is 8.20. The second-order valence-electron chi connectivity index (χ2n) is 3.15. The number of nitrogens with two attached hydrogens (primary N) is 1. The lowest BCUT2D eigenvalue weighted by Crippen LogP contribution is -2.32. The zero-order valence-corrected chi connectivity index (χ0v) is 8.03. The van der Waals surface area contributed by atoms with Crippen LogP contribution >= 0.6 is 11.8 Å². The van der Waals surface area contributed by atoms with Gasteiger partial charge in [0.15, 0.2) is 0 Å². The molecule has 0 aromatic carbocycles. The summed E-state index contributed by atoms with van der Waals surface area (Å²) in [5, 5.41) is 2.09. The molecular formula is C8H17NS. The topological polar surface area (TPSA) is 26.0 Å². The predicted molar refractivity (Wildman–Crippen MR) is 50.1 cm³/mol. The fraction of sp³-hybridized carbons (Fsp3) is 0.750. The van der Waals surface area contributed by atoms with E-state index >= 15 is 0 Å². The molecule has 60 valence electrons. The van der Waals surface area contributed by atoms with E-state index in [-0.39, 0.29) is 11.5 Å². The molecule has 0 fully saturated rings. The minimum absolute atomic E-state index is 0.128. The van der Waals surface area contributed by atoms with E-state index < -0.39 is 0 Å². The van der Waals surface area contributed by atoms with Gasteiger partial charge in [-0.15, -0.1) is 11.8 Å². The molecule has 0 aromatic rings. The van der Waals surface area contributed by atoms with Crippen molar-refractivity contribution in [2.45, 2.75) is 26.8 Å². The third kappa shape index (κ3) is 3.28. The number of hydrogen-bond acceptors (Lipinski definition) is 2. The van der Waals surface area contributed by atoms with Crippen LogP contribution in [-0.4, -0.2) is 12.3 Å². The van der Waals surface area contributed by atoms with Gasteiger partial charge >= 0.3 is 0 Å². The first-order valence-corrected chi connectivity index (χ1v) is 4.75. The first-order valence-electron chi connectivity index (χ1n) is 3.47. The van der Waals surface area contributed by atoms with Gasteiger partial charge in [-0.25, -0.2) is 0 Å². The Morgan fingerprint density at radius 3 is 2.30 bits per heavy atom. The number of thioether (sulfide) groups is 1. The Balaban J connectivity index is 3.98. The van der Waals surface area contributed by atoms with Gasteiger partial charge in [-0.05, 0) is 24.0 Å². The van der Waals surface area contributed by atoms with E-state index in [0.29, 0.717) is 0 Å². The van der Waals surface area contributed by atoms with E-state index in [0.717, 1.165) is 0 Å². The largest absolute Gasteiger partial charge is 0.327 e. The van der Waals surface area contributed by atoms with Gasteiger partial charge in [0.05, 0.1) is 0 Å². The Hall–Kier alpha value is 0.0500. The van der Waals surface area contributed by atoms with E-state index in [4.69, 9.17) is 5.73 Å². The summed E-state index contributed by atoms with van der Waals surface area (Å²) in [5.74, 6) is 0. The van der Waals surface area contributed by atoms with Crippen LogP contribution in [0.15, 0.2) is 11.5 Å². The van der Waals surface area contributed by atoms with Crippen LogP contribution in [0.4, 0.5) is 0 Å². The van der Waals surface area contributed by atoms with Gasteiger partial charge in [-0.1, -0.05) is 19.9 Å². The molecule has 0 aliphatic carbocycles.